The molecule has 2 rings (SSSR count). The van der Waals surface area contributed by atoms with Crippen molar-refractivity contribution < 1.29 is 9.53 Å². The van der Waals surface area contributed by atoms with Gasteiger partial charge in [-0.3, -0.25) is 4.79 Å². The fourth-order valence-corrected chi connectivity index (χ4v) is 3.69. The van der Waals surface area contributed by atoms with Gasteiger partial charge in [-0.25, -0.2) is 0 Å². The minimum Gasteiger partial charge on any atom is -0.469 e. The Kier molecular flexibility index (Phi) is 5.28. The number of ether oxygens (including phenoxy) is 1. The summed E-state index contributed by atoms with van der Waals surface area (Å²) in [6.07, 6.45) is 1.59. The van der Waals surface area contributed by atoms with Gasteiger partial charge in [-0.05, 0) is 81.4 Å². The van der Waals surface area contributed by atoms with E-state index >= 15 is 0 Å². The lowest BCUT2D eigenvalue weighted by Crippen LogP contribution is -2.38. The summed E-state index contributed by atoms with van der Waals surface area (Å²) in [5.74, 6) is 0.706. The Morgan fingerprint density at radius 1 is 1.23 bits per heavy atom. The van der Waals surface area contributed by atoms with Gasteiger partial charge in [-0.2, -0.15) is 0 Å². The summed E-state index contributed by atoms with van der Waals surface area (Å²) in [6.45, 7) is 10.9. The molecular weight excluding hydrogens is 274 g/mol. The van der Waals surface area contributed by atoms with Crippen LogP contribution in [0.1, 0.15) is 46.6 Å². The number of carbonyl (C=O) groups is 1. The van der Waals surface area contributed by atoms with Crippen LogP contribution >= 0.6 is 0 Å². The van der Waals surface area contributed by atoms with Crippen LogP contribution in [0.5, 0.6) is 0 Å². The molecule has 2 atom stereocenters. The minimum absolute atomic E-state index is 0.0854. The summed E-state index contributed by atoms with van der Waals surface area (Å²) in [4.78, 5) is 14.2. The molecule has 1 heterocycles. The zero-order valence-electron chi connectivity index (χ0n) is 14.8. The van der Waals surface area contributed by atoms with E-state index in [1.165, 1.54) is 34.9 Å². The highest BCUT2D eigenvalue weighted by atomic mass is 16.5. The highest BCUT2D eigenvalue weighted by Gasteiger charge is 2.32. The summed E-state index contributed by atoms with van der Waals surface area (Å²) in [6, 6.07) is 2.34. The van der Waals surface area contributed by atoms with E-state index in [1.807, 2.05) is 0 Å². The molecule has 1 aromatic rings. The first-order valence-electron chi connectivity index (χ1n) is 8.17. The first kappa shape index (κ1) is 17.0. The fraction of sp³-hybridized carbons (Fsp3) is 0.632. The molecule has 0 radical (unpaired) electrons. The minimum atomic E-state index is -0.0854. The maximum absolute atomic E-state index is 11.8. The van der Waals surface area contributed by atoms with E-state index in [9.17, 15) is 4.79 Å². The predicted molar refractivity (Wildman–Crippen MR) is 90.4 cm³/mol. The zero-order valence-corrected chi connectivity index (χ0v) is 14.8. The molecule has 0 amide bonds. The molecule has 3 nitrogen and oxygen atoms in total. The largest absolute Gasteiger partial charge is 0.469 e. The second-order valence-electron chi connectivity index (χ2n) is 6.86. The Labute approximate surface area is 134 Å². The number of methoxy groups -OCH3 is 1. The van der Waals surface area contributed by atoms with Gasteiger partial charge in [-0.1, -0.05) is 6.07 Å². The van der Waals surface area contributed by atoms with Gasteiger partial charge in [0.15, 0.2) is 0 Å². The molecule has 1 aliphatic heterocycles. The molecule has 0 aromatic heterocycles. The third-order valence-corrected chi connectivity index (χ3v) is 5.54. The van der Waals surface area contributed by atoms with Crippen LogP contribution in [0.25, 0.3) is 0 Å². The molecule has 2 unspecified atom stereocenters. The highest BCUT2D eigenvalue weighted by Crippen LogP contribution is 2.38. The van der Waals surface area contributed by atoms with Crippen molar-refractivity contribution in [3.05, 3.63) is 33.9 Å². The maximum atomic E-state index is 11.8. The van der Waals surface area contributed by atoms with E-state index in [2.05, 4.69) is 45.7 Å². The normalized spacial score (nSPS) is 22.6. The number of piperidine rings is 1. The highest BCUT2D eigenvalue weighted by molar-refractivity contribution is 5.69. The molecule has 1 aromatic carbocycles. The monoisotopic (exact) mass is 303 g/mol. The van der Waals surface area contributed by atoms with E-state index in [0.717, 1.165) is 19.5 Å². The number of nitrogens with zero attached hydrogens (tertiary/aromatic N) is 1. The van der Waals surface area contributed by atoms with Crippen molar-refractivity contribution in [2.45, 2.75) is 46.5 Å². The van der Waals surface area contributed by atoms with Crippen molar-refractivity contribution in [2.75, 3.05) is 27.2 Å². The third-order valence-electron chi connectivity index (χ3n) is 5.54. The Bertz CT molecular complexity index is 565. The molecule has 0 aliphatic carbocycles. The number of hydrogen-bond donors (Lipinski definition) is 0. The van der Waals surface area contributed by atoms with Gasteiger partial charge >= 0.3 is 5.97 Å². The van der Waals surface area contributed by atoms with Gasteiger partial charge < -0.3 is 9.64 Å². The van der Waals surface area contributed by atoms with Crippen molar-refractivity contribution in [1.29, 1.82) is 0 Å². The molecule has 22 heavy (non-hydrogen) atoms. The molecule has 0 bridgehead atoms. The van der Waals surface area contributed by atoms with Crippen LogP contribution in [0.3, 0.4) is 0 Å². The Morgan fingerprint density at radius 3 is 2.55 bits per heavy atom. The van der Waals surface area contributed by atoms with Crippen LogP contribution in [0.15, 0.2) is 6.07 Å². The van der Waals surface area contributed by atoms with Gasteiger partial charge in [0.25, 0.3) is 0 Å². The SMILES string of the molecule is COC(=O)CC1CCN(C)CC1c1cc(C)c(C)c(C)c1C. The van der Waals surface area contributed by atoms with Crippen LogP contribution in [0.4, 0.5) is 0 Å². The molecule has 122 valence electrons. The Morgan fingerprint density at radius 2 is 1.91 bits per heavy atom. The van der Waals surface area contributed by atoms with Gasteiger partial charge in [-0.15, -0.1) is 0 Å². The van der Waals surface area contributed by atoms with E-state index in [0.29, 0.717) is 18.3 Å². The second-order valence-corrected chi connectivity index (χ2v) is 6.86. The van der Waals surface area contributed by atoms with Crippen LogP contribution in [0, 0.1) is 33.6 Å². The van der Waals surface area contributed by atoms with Crippen molar-refractivity contribution >= 4 is 5.97 Å². The van der Waals surface area contributed by atoms with Crippen molar-refractivity contribution in [1.82, 2.24) is 4.90 Å². The number of likely N-dealkylation sites (N-methyl/N-ethyl adjacent to an activating group) is 1. The average Bonchev–Trinajstić information content (AvgIpc) is 2.50. The predicted octanol–water partition coefficient (Wildman–Crippen LogP) is 3.52. The Balaban J connectivity index is 2.39. The molecular formula is C19H29NO2. The van der Waals surface area contributed by atoms with Crippen molar-refractivity contribution in [2.24, 2.45) is 5.92 Å². The van der Waals surface area contributed by atoms with Gasteiger partial charge in [0.2, 0.25) is 0 Å². The molecule has 1 aliphatic rings. The first-order chi connectivity index (χ1) is 10.3. The van der Waals surface area contributed by atoms with Gasteiger partial charge in [0.1, 0.15) is 0 Å². The van der Waals surface area contributed by atoms with E-state index in [1.54, 1.807) is 0 Å². The number of hydrogen-bond acceptors (Lipinski definition) is 3. The number of aryl methyl sites for hydroxylation is 1. The fourth-order valence-electron chi connectivity index (χ4n) is 3.69. The number of benzene rings is 1. The summed E-state index contributed by atoms with van der Waals surface area (Å²) < 4.78 is 4.91. The number of carbonyl (C=O) groups excluding carboxylic acids is 1. The Hall–Kier alpha value is -1.35. The molecule has 0 saturated carbocycles. The second kappa shape index (κ2) is 6.82. The van der Waals surface area contributed by atoms with Crippen molar-refractivity contribution in [3.8, 4) is 0 Å². The number of esters is 1. The van der Waals surface area contributed by atoms with Crippen molar-refractivity contribution in [3.63, 3.8) is 0 Å². The van der Waals surface area contributed by atoms with Crippen LogP contribution in [0.2, 0.25) is 0 Å². The first-order valence-corrected chi connectivity index (χ1v) is 8.17. The van der Waals surface area contributed by atoms with Gasteiger partial charge in [0, 0.05) is 18.9 Å². The van der Waals surface area contributed by atoms with E-state index < -0.39 is 0 Å². The molecule has 0 N–H and O–H groups in total. The maximum Gasteiger partial charge on any atom is 0.305 e. The smallest absolute Gasteiger partial charge is 0.305 e. The van der Waals surface area contributed by atoms with E-state index in [4.69, 9.17) is 4.74 Å². The summed E-state index contributed by atoms with van der Waals surface area (Å²) in [5.41, 5.74) is 6.93. The van der Waals surface area contributed by atoms with Gasteiger partial charge in [0.05, 0.1) is 7.11 Å². The molecule has 3 heteroatoms. The molecule has 1 saturated heterocycles. The summed E-state index contributed by atoms with van der Waals surface area (Å²) in [5, 5.41) is 0. The van der Waals surface area contributed by atoms with E-state index in [-0.39, 0.29) is 5.97 Å². The standard InChI is InChI=1S/C19H29NO2/c1-12-9-17(15(4)14(3)13(12)2)18-11-20(5)8-7-16(18)10-19(21)22-6/h9,16,18H,7-8,10-11H2,1-6H3. The number of likely N-dealkylation sites (tertiary alicyclic amines) is 1. The summed E-state index contributed by atoms with van der Waals surface area (Å²) >= 11 is 0. The molecule has 1 fully saturated rings. The topological polar surface area (TPSA) is 29.5 Å². The lowest BCUT2D eigenvalue weighted by atomic mass is 9.76. The average molecular weight is 303 g/mol. The van der Waals surface area contributed by atoms with Crippen LogP contribution in [-0.2, 0) is 9.53 Å². The quantitative estimate of drug-likeness (QED) is 0.800. The van der Waals surface area contributed by atoms with Crippen LogP contribution < -0.4 is 0 Å². The lowest BCUT2D eigenvalue weighted by molar-refractivity contribution is -0.142. The zero-order chi connectivity index (χ0) is 16.4. The summed E-state index contributed by atoms with van der Waals surface area (Å²) in [7, 11) is 3.66. The molecule has 0 spiro atoms. The third kappa shape index (κ3) is 3.35. The van der Waals surface area contributed by atoms with Crippen LogP contribution in [-0.4, -0.2) is 38.1 Å². The number of rotatable bonds is 3. The lowest BCUT2D eigenvalue weighted by Gasteiger charge is -2.38.